The molecule has 0 N–H and O–H groups in total. The fraction of sp³-hybridized carbons (Fsp3) is 0. The van der Waals surface area contributed by atoms with Gasteiger partial charge in [0.1, 0.15) is 0 Å². The molecule has 0 saturated carbocycles. The van der Waals surface area contributed by atoms with Gasteiger partial charge in [-0.05, 0) is 48.5 Å². The average molecular weight is 664 g/mol. The lowest BCUT2D eigenvalue weighted by Gasteiger charge is -2.16. The summed E-state index contributed by atoms with van der Waals surface area (Å²) in [6, 6.07) is 63.0. The number of rotatable bonds is 5. The number of nitrogens with zero attached hydrogens (tertiary/aromatic N) is 5. The second kappa shape index (κ2) is 11.9. The fourth-order valence-electron chi connectivity index (χ4n) is 7.68. The predicted octanol–water partition coefficient (Wildman–Crippen LogP) is 11.5. The smallest absolute Gasteiger partial charge is 0.160 e. The van der Waals surface area contributed by atoms with E-state index >= 15 is 0 Å². The zero-order valence-corrected chi connectivity index (χ0v) is 28.0. The van der Waals surface area contributed by atoms with Crippen LogP contribution in [0, 0.1) is 11.3 Å². The van der Waals surface area contributed by atoms with Gasteiger partial charge in [0, 0.05) is 43.9 Å². The van der Waals surface area contributed by atoms with Crippen LogP contribution in [0.5, 0.6) is 0 Å². The Morgan fingerprint density at radius 3 is 1.90 bits per heavy atom. The van der Waals surface area contributed by atoms with E-state index in [-0.39, 0.29) is 0 Å². The Kier molecular flexibility index (Phi) is 6.80. The molecular weight excluding hydrogens is 635 g/mol. The van der Waals surface area contributed by atoms with Gasteiger partial charge < -0.3 is 9.13 Å². The largest absolute Gasteiger partial charge is 0.309 e. The van der Waals surface area contributed by atoms with Crippen LogP contribution in [0.1, 0.15) is 5.56 Å². The van der Waals surface area contributed by atoms with Crippen molar-refractivity contribution >= 4 is 43.6 Å². The number of benzene rings is 7. The van der Waals surface area contributed by atoms with E-state index in [1.165, 1.54) is 0 Å². The third kappa shape index (κ3) is 4.63. The van der Waals surface area contributed by atoms with Crippen molar-refractivity contribution in [3.8, 4) is 51.3 Å². The summed E-state index contributed by atoms with van der Waals surface area (Å²) in [5.41, 5.74) is 11.6. The fourth-order valence-corrected chi connectivity index (χ4v) is 7.68. The molecule has 0 spiro atoms. The minimum Gasteiger partial charge on any atom is -0.309 e. The molecule has 5 heteroatoms. The molecule has 10 aromatic rings. The zero-order valence-electron chi connectivity index (χ0n) is 28.0. The monoisotopic (exact) mass is 663 g/mol. The van der Waals surface area contributed by atoms with Crippen molar-refractivity contribution in [3.05, 3.63) is 181 Å². The lowest BCUT2D eigenvalue weighted by molar-refractivity contribution is 1.15. The number of hydrogen-bond donors (Lipinski definition) is 0. The maximum atomic E-state index is 10.1. The van der Waals surface area contributed by atoms with E-state index in [1.54, 1.807) is 0 Å². The highest BCUT2D eigenvalue weighted by Crippen LogP contribution is 2.43. The lowest BCUT2D eigenvalue weighted by atomic mass is 10.0. The standard InChI is InChI=1S/C47H29N5/c48-30-31-24-25-35-36-26-27-43-45(38-21-11-13-23-42(38)51(43)34-18-8-3-9-19-34)46(36)52(44(35)28-31)41-22-12-10-20-37(41)40-29-39(32-14-4-1-5-15-32)49-47(50-40)33-16-6-2-7-17-33/h1-29H. The van der Waals surface area contributed by atoms with E-state index in [4.69, 9.17) is 9.97 Å². The molecule has 7 aromatic carbocycles. The second-order valence-electron chi connectivity index (χ2n) is 12.9. The summed E-state index contributed by atoms with van der Waals surface area (Å²) in [7, 11) is 0. The Hall–Kier alpha value is -7.29. The second-order valence-corrected chi connectivity index (χ2v) is 12.9. The van der Waals surface area contributed by atoms with Crippen LogP contribution < -0.4 is 0 Å². The summed E-state index contributed by atoms with van der Waals surface area (Å²) >= 11 is 0. The molecule has 0 unspecified atom stereocenters. The minimum atomic E-state index is 0.608. The molecule has 0 bridgehead atoms. The Labute approximate surface area is 299 Å². The molecule has 10 rings (SSSR count). The number of fused-ring (bicyclic) bond motifs is 7. The van der Waals surface area contributed by atoms with E-state index in [1.807, 2.05) is 48.5 Å². The Morgan fingerprint density at radius 2 is 1.12 bits per heavy atom. The van der Waals surface area contributed by atoms with Crippen LogP contribution in [0.25, 0.3) is 88.9 Å². The van der Waals surface area contributed by atoms with Gasteiger partial charge in [-0.1, -0.05) is 127 Å². The normalized spacial score (nSPS) is 11.4. The maximum absolute atomic E-state index is 10.1. The molecule has 0 amide bonds. The Balaban J connectivity index is 1.34. The first-order chi connectivity index (χ1) is 25.8. The van der Waals surface area contributed by atoms with Crippen LogP contribution in [0.4, 0.5) is 0 Å². The third-order valence-corrected chi connectivity index (χ3v) is 9.96. The van der Waals surface area contributed by atoms with Gasteiger partial charge in [0.15, 0.2) is 5.82 Å². The van der Waals surface area contributed by atoms with E-state index < -0.39 is 0 Å². The topological polar surface area (TPSA) is 59.4 Å². The number of para-hydroxylation sites is 3. The van der Waals surface area contributed by atoms with Crippen LogP contribution >= 0.6 is 0 Å². The number of hydrogen-bond acceptors (Lipinski definition) is 3. The quantitative estimate of drug-likeness (QED) is 0.184. The highest BCUT2D eigenvalue weighted by Gasteiger charge is 2.23. The minimum absolute atomic E-state index is 0.608. The molecule has 0 radical (unpaired) electrons. The highest BCUT2D eigenvalue weighted by atomic mass is 15.0. The van der Waals surface area contributed by atoms with Crippen molar-refractivity contribution in [2.75, 3.05) is 0 Å². The van der Waals surface area contributed by atoms with Gasteiger partial charge in [-0.3, -0.25) is 0 Å². The molecule has 5 nitrogen and oxygen atoms in total. The van der Waals surface area contributed by atoms with Gasteiger partial charge in [0.25, 0.3) is 0 Å². The van der Waals surface area contributed by atoms with E-state index in [0.717, 1.165) is 83.1 Å². The Bertz CT molecular complexity index is 2950. The SMILES string of the molecule is N#Cc1ccc2c3ccc4c(c5ccccc5n4-c4ccccc4)c3n(-c3ccccc3-c3cc(-c4ccccc4)nc(-c4ccccc4)n3)c2c1. The molecule has 52 heavy (non-hydrogen) atoms. The molecule has 0 aliphatic carbocycles. The van der Waals surface area contributed by atoms with Crippen LogP contribution in [0.3, 0.4) is 0 Å². The van der Waals surface area contributed by atoms with Gasteiger partial charge in [-0.2, -0.15) is 5.26 Å². The van der Waals surface area contributed by atoms with Crippen molar-refractivity contribution in [2.45, 2.75) is 0 Å². The van der Waals surface area contributed by atoms with Gasteiger partial charge in [0.05, 0.1) is 50.8 Å². The van der Waals surface area contributed by atoms with Crippen molar-refractivity contribution in [2.24, 2.45) is 0 Å². The van der Waals surface area contributed by atoms with Crippen LogP contribution in [-0.2, 0) is 0 Å². The number of aromatic nitrogens is 4. The number of nitriles is 1. The first-order valence-corrected chi connectivity index (χ1v) is 17.3. The third-order valence-electron chi connectivity index (χ3n) is 9.96. The molecule has 242 valence electrons. The first-order valence-electron chi connectivity index (χ1n) is 17.3. The lowest BCUT2D eigenvalue weighted by Crippen LogP contribution is -2.01. The van der Waals surface area contributed by atoms with Gasteiger partial charge in [0.2, 0.25) is 0 Å². The molecule has 3 aromatic heterocycles. The zero-order chi connectivity index (χ0) is 34.6. The molecule has 0 aliphatic rings. The van der Waals surface area contributed by atoms with Crippen molar-refractivity contribution in [3.63, 3.8) is 0 Å². The highest BCUT2D eigenvalue weighted by molar-refractivity contribution is 6.26. The molecular formula is C47H29N5. The Morgan fingerprint density at radius 1 is 0.462 bits per heavy atom. The molecule has 0 saturated heterocycles. The van der Waals surface area contributed by atoms with Crippen LogP contribution in [-0.4, -0.2) is 19.1 Å². The predicted molar refractivity (Wildman–Crippen MR) is 212 cm³/mol. The summed E-state index contributed by atoms with van der Waals surface area (Å²) in [4.78, 5) is 10.3. The summed E-state index contributed by atoms with van der Waals surface area (Å²) in [5, 5.41) is 14.6. The van der Waals surface area contributed by atoms with E-state index in [9.17, 15) is 5.26 Å². The van der Waals surface area contributed by atoms with Crippen molar-refractivity contribution < 1.29 is 0 Å². The summed E-state index contributed by atoms with van der Waals surface area (Å²) in [5.74, 6) is 0.661. The maximum Gasteiger partial charge on any atom is 0.160 e. The summed E-state index contributed by atoms with van der Waals surface area (Å²) in [6.07, 6.45) is 0. The average Bonchev–Trinajstić information content (AvgIpc) is 3.74. The summed E-state index contributed by atoms with van der Waals surface area (Å²) < 4.78 is 4.69. The van der Waals surface area contributed by atoms with Gasteiger partial charge >= 0.3 is 0 Å². The van der Waals surface area contributed by atoms with Crippen LogP contribution in [0.2, 0.25) is 0 Å². The van der Waals surface area contributed by atoms with Crippen molar-refractivity contribution in [1.82, 2.24) is 19.1 Å². The molecule has 0 atom stereocenters. The molecule has 3 heterocycles. The van der Waals surface area contributed by atoms with E-state index in [0.29, 0.717) is 11.4 Å². The van der Waals surface area contributed by atoms with E-state index in [2.05, 4.69) is 143 Å². The molecule has 0 aliphatic heterocycles. The summed E-state index contributed by atoms with van der Waals surface area (Å²) in [6.45, 7) is 0. The van der Waals surface area contributed by atoms with Crippen LogP contribution in [0.15, 0.2) is 176 Å². The van der Waals surface area contributed by atoms with Gasteiger partial charge in [-0.25, -0.2) is 9.97 Å². The first kappa shape index (κ1) is 29.6. The molecule has 0 fully saturated rings. The van der Waals surface area contributed by atoms with Crippen molar-refractivity contribution in [1.29, 1.82) is 5.26 Å². The van der Waals surface area contributed by atoms with Gasteiger partial charge in [-0.15, -0.1) is 0 Å².